The standard InChI is InChI=1S/C13H16N4O5/c1-6(19)2-9-15-11-10(12(21)16-9)14-5-17(11)13-8(20)3-7(4-18)22-13/h5,7-8,13,18,20H,2-4H2,1H3,(H,15,16,21)/t7-,8+,13+/m0/s1. The zero-order valence-electron chi connectivity index (χ0n) is 11.9. The van der Waals surface area contributed by atoms with Gasteiger partial charge < -0.3 is 19.9 Å². The molecule has 2 aromatic rings. The SMILES string of the molecule is CC(=O)Cc1nc2c(ncn2[C@@H]2O[C@H](CO)C[C@H]2O)c(=O)[nH]1. The lowest BCUT2D eigenvalue weighted by Crippen LogP contribution is -2.21. The molecule has 3 rings (SSSR count). The molecule has 9 nitrogen and oxygen atoms in total. The summed E-state index contributed by atoms with van der Waals surface area (Å²) in [4.78, 5) is 33.9. The molecule has 9 heteroatoms. The van der Waals surface area contributed by atoms with Gasteiger partial charge in [0.25, 0.3) is 5.56 Å². The molecule has 0 aliphatic carbocycles. The van der Waals surface area contributed by atoms with Crippen molar-refractivity contribution in [3.05, 3.63) is 22.5 Å². The summed E-state index contributed by atoms with van der Waals surface area (Å²) in [7, 11) is 0. The summed E-state index contributed by atoms with van der Waals surface area (Å²) < 4.78 is 6.99. The first-order chi connectivity index (χ1) is 10.5. The van der Waals surface area contributed by atoms with E-state index in [9.17, 15) is 14.7 Å². The Hall–Kier alpha value is -2.10. The van der Waals surface area contributed by atoms with Gasteiger partial charge in [0.15, 0.2) is 17.4 Å². The van der Waals surface area contributed by atoms with Gasteiger partial charge in [0.05, 0.1) is 25.5 Å². The average molecular weight is 308 g/mol. The van der Waals surface area contributed by atoms with E-state index in [-0.39, 0.29) is 42.2 Å². The van der Waals surface area contributed by atoms with E-state index in [2.05, 4.69) is 15.0 Å². The second kappa shape index (κ2) is 5.59. The summed E-state index contributed by atoms with van der Waals surface area (Å²) >= 11 is 0. The number of H-pyrrole nitrogens is 1. The number of rotatable bonds is 4. The van der Waals surface area contributed by atoms with Crippen LogP contribution in [0, 0.1) is 0 Å². The molecule has 0 radical (unpaired) electrons. The minimum atomic E-state index is -0.841. The number of carbonyl (C=O) groups excluding carboxylic acids is 1. The minimum absolute atomic E-state index is 0.00367. The smallest absolute Gasteiger partial charge is 0.279 e. The van der Waals surface area contributed by atoms with E-state index in [0.29, 0.717) is 0 Å². The van der Waals surface area contributed by atoms with Crippen molar-refractivity contribution in [3.63, 3.8) is 0 Å². The fourth-order valence-corrected chi connectivity index (χ4v) is 2.58. The normalized spacial score (nSPS) is 25.0. The molecule has 0 amide bonds. The number of hydrogen-bond acceptors (Lipinski definition) is 7. The molecule has 0 saturated carbocycles. The van der Waals surface area contributed by atoms with Crippen molar-refractivity contribution >= 4 is 16.9 Å². The molecule has 0 unspecified atom stereocenters. The van der Waals surface area contributed by atoms with Crippen LogP contribution in [-0.4, -0.2) is 54.3 Å². The summed E-state index contributed by atoms with van der Waals surface area (Å²) in [5.74, 6) is 0.101. The van der Waals surface area contributed by atoms with E-state index in [1.807, 2.05) is 0 Å². The number of aliphatic hydroxyl groups excluding tert-OH is 2. The second-order valence-corrected chi connectivity index (χ2v) is 5.35. The van der Waals surface area contributed by atoms with Gasteiger partial charge >= 0.3 is 0 Å². The molecular weight excluding hydrogens is 292 g/mol. The second-order valence-electron chi connectivity index (χ2n) is 5.35. The number of ether oxygens (including phenoxy) is 1. The fourth-order valence-electron chi connectivity index (χ4n) is 2.58. The van der Waals surface area contributed by atoms with Crippen LogP contribution in [0.2, 0.25) is 0 Å². The Morgan fingerprint density at radius 3 is 3.00 bits per heavy atom. The molecule has 1 aliphatic rings. The Balaban J connectivity index is 2.05. The molecule has 2 aromatic heterocycles. The molecule has 1 fully saturated rings. The summed E-state index contributed by atoms with van der Waals surface area (Å²) in [5, 5.41) is 19.2. The third-order valence-electron chi connectivity index (χ3n) is 3.54. The lowest BCUT2D eigenvalue weighted by Gasteiger charge is -2.16. The Morgan fingerprint density at radius 1 is 1.59 bits per heavy atom. The number of Topliss-reactive ketones (excluding diaryl/α,β-unsaturated/α-hetero) is 1. The maximum Gasteiger partial charge on any atom is 0.279 e. The average Bonchev–Trinajstić information content (AvgIpc) is 3.01. The third-order valence-corrected chi connectivity index (χ3v) is 3.54. The van der Waals surface area contributed by atoms with Crippen LogP contribution in [0.3, 0.4) is 0 Å². The van der Waals surface area contributed by atoms with Crippen molar-refractivity contribution in [1.29, 1.82) is 0 Å². The number of ketones is 1. The van der Waals surface area contributed by atoms with Gasteiger partial charge in [-0.15, -0.1) is 0 Å². The highest BCUT2D eigenvalue weighted by Gasteiger charge is 2.36. The van der Waals surface area contributed by atoms with Crippen LogP contribution in [0.4, 0.5) is 0 Å². The third kappa shape index (κ3) is 2.54. The van der Waals surface area contributed by atoms with Crippen LogP contribution in [0.5, 0.6) is 0 Å². The predicted molar refractivity (Wildman–Crippen MR) is 74.2 cm³/mol. The van der Waals surface area contributed by atoms with Crippen LogP contribution in [0.15, 0.2) is 11.1 Å². The molecule has 0 aromatic carbocycles. The zero-order valence-corrected chi connectivity index (χ0v) is 11.9. The number of aliphatic hydroxyl groups is 2. The van der Waals surface area contributed by atoms with Gasteiger partial charge in [-0.05, 0) is 6.92 Å². The van der Waals surface area contributed by atoms with Gasteiger partial charge in [0.1, 0.15) is 17.7 Å². The van der Waals surface area contributed by atoms with Crippen LogP contribution in [-0.2, 0) is 16.0 Å². The first-order valence-electron chi connectivity index (χ1n) is 6.89. The van der Waals surface area contributed by atoms with E-state index in [4.69, 9.17) is 9.84 Å². The highest BCUT2D eigenvalue weighted by atomic mass is 16.5. The number of imidazole rings is 1. The zero-order chi connectivity index (χ0) is 15.9. The van der Waals surface area contributed by atoms with Gasteiger partial charge in [-0.3, -0.25) is 14.2 Å². The number of aromatic amines is 1. The largest absolute Gasteiger partial charge is 0.394 e. The van der Waals surface area contributed by atoms with Gasteiger partial charge in [-0.2, -0.15) is 0 Å². The highest BCUT2D eigenvalue weighted by Crippen LogP contribution is 2.30. The maximum absolute atomic E-state index is 12.0. The van der Waals surface area contributed by atoms with Crippen molar-refractivity contribution in [2.45, 2.75) is 38.2 Å². The van der Waals surface area contributed by atoms with Gasteiger partial charge in [0, 0.05) is 6.42 Å². The topological polar surface area (TPSA) is 130 Å². The number of nitrogens with zero attached hydrogens (tertiary/aromatic N) is 3. The molecule has 0 spiro atoms. The molecular formula is C13H16N4O5. The summed E-state index contributed by atoms with van der Waals surface area (Å²) in [6, 6.07) is 0. The number of hydrogen-bond donors (Lipinski definition) is 3. The molecule has 118 valence electrons. The number of carbonyl (C=O) groups is 1. The van der Waals surface area contributed by atoms with E-state index in [0.717, 1.165) is 0 Å². The Labute approximate surface area is 124 Å². The van der Waals surface area contributed by atoms with E-state index in [1.165, 1.54) is 17.8 Å². The maximum atomic E-state index is 12.0. The van der Waals surface area contributed by atoms with E-state index >= 15 is 0 Å². The monoisotopic (exact) mass is 308 g/mol. The number of fused-ring (bicyclic) bond motifs is 1. The van der Waals surface area contributed by atoms with E-state index in [1.54, 1.807) is 0 Å². The first kappa shape index (κ1) is 14.8. The molecule has 22 heavy (non-hydrogen) atoms. The Morgan fingerprint density at radius 2 is 2.36 bits per heavy atom. The first-order valence-corrected chi connectivity index (χ1v) is 6.89. The highest BCUT2D eigenvalue weighted by molar-refractivity contribution is 5.78. The van der Waals surface area contributed by atoms with Crippen molar-refractivity contribution in [3.8, 4) is 0 Å². The quantitative estimate of drug-likeness (QED) is 0.653. The molecule has 0 bridgehead atoms. The molecule has 3 atom stereocenters. The molecule has 1 aliphatic heterocycles. The summed E-state index contributed by atoms with van der Waals surface area (Å²) in [6.07, 6.45) is -0.448. The van der Waals surface area contributed by atoms with Gasteiger partial charge in [-0.25, -0.2) is 9.97 Å². The summed E-state index contributed by atoms with van der Waals surface area (Å²) in [5.41, 5.74) is -0.107. The Kier molecular flexibility index (Phi) is 3.77. The number of aromatic nitrogens is 4. The van der Waals surface area contributed by atoms with Crippen molar-refractivity contribution in [2.75, 3.05) is 6.61 Å². The van der Waals surface area contributed by atoms with Crippen LogP contribution in [0.1, 0.15) is 25.4 Å². The van der Waals surface area contributed by atoms with Gasteiger partial charge in [-0.1, -0.05) is 0 Å². The van der Waals surface area contributed by atoms with Crippen molar-refractivity contribution in [1.82, 2.24) is 19.5 Å². The van der Waals surface area contributed by atoms with Crippen LogP contribution in [0.25, 0.3) is 11.2 Å². The Bertz CT molecular complexity index is 767. The van der Waals surface area contributed by atoms with Crippen LogP contribution >= 0.6 is 0 Å². The van der Waals surface area contributed by atoms with E-state index < -0.39 is 24.0 Å². The van der Waals surface area contributed by atoms with Crippen LogP contribution < -0.4 is 5.56 Å². The molecule has 3 heterocycles. The molecule has 1 saturated heterocycles. The lowest BCUT2D eigenvalue weighted by molar-refractivity contribution is -0.116. The lowest BCUT2D eigenvalue weighted by atomic mass is 10.2. The number of nitrogens with one attached hydrogen (secondary N) is 1. The van der Waals surface area contributed by atoms with Crippen molar-refractivity contribution < 1.29 is 19.7 Å². The summed E-state index contributed by atoms with van der Waals surface area (Å²) in [6.45, 7) is 1.20. The molecule has 3 N–H and O–H groups in total. The fraction of sp³-hybridized carbons (Fsp3) is 0.538. The van der Waals surface area contributed by atoms with Gasteiger partial charge in [0.2, 0.25) is 0 Å². The minimum Gasteiger partial charge on any atom is -0.394 e. The van der Waals surface area contributed by atoms with Crippen molar-refractivity contribution in [2.24, 2.45) is 0 Å². The predicted octanol–water partition coefficient (Wildman–Crippen LogP) is -1.11.